The number of aliphatic hydroxyl groups is 2. The van der Waals surface area contributed by atoms with Gasteiger partial charge in [-0.25, -0.2) is 0 Å². The maximum absolute atomic E-state index is 12.7. The fraction of sp³-hybridized carbons (Fsp3) is 0.708. The number of ether oxygens (including phenoxy) is 4. The zero-order chi connectivity index (χ0) is 25.4. The lowest BCUT2D eigenvalue weighted by Crippen LogP contribution is -2.74. The standard InChI is InChI=1S/C24H31ClO9/c1-10-7-8-15(31-13(4)26)22(6)16(32-14(5)27)9-23(30)11(2)18(25)20-24(34-23,19(28)17(10)22)12(3)21(29)33-20/h12,15-20,28,30H,1-2,7-9H2,3-6H3/t12-,15-,16+,17+,18-,19-,20-,22+,23-,24+/m0/s1. The average Bonchev–Trinajstić information content (AvgIpc) is 2.98. The minimum atomic E-state index is -2.17. The van der Waals surface area contributed by atoms with Gasteiger partial charge in [0.05, 0.1) is 22.8 Å². The lowest BCUT2D eigenvalue weighted by molar-refractivity contribution is -0.343. The Kier molecular flexibility index (Phi) is 5.95. The van der Waals surface area contributed by atoms with Crippen molar-refractivity contribution in [1.82, 2.24) is 0 Å². The molecule has 0 radical (unpaired) electrons. The van der Waals surface area contributed by atoms with E-state index in [1.807, 2.05) is 0 Å². The molecule has 2 N–H and O–H groups in total. The van der Waals surface area contributed by atoms with Gasteiger partial charge in [-0.2, -0.15) is 0 Å². The monoisotopic (exact) mass is 498 g/mol. The lowest BCUT2D eigenvalue weighted by Gasteiger charge is -2.61. The zero-order valence-corrected chi connectivity index (χ0v) is 20.5. The Morgan fingerprint density at radius 1 is 1.18 bits per heavy atom. The van der Waals surface area contributed by atoms with Crippen LogP contribution >= 0.6 is 11.6 Å². The molecule has 2 bridgehead atoms. The summed E-state index contributed by atoms with van der Waals surface area (Å²) in [4.78, 5) is 36.9. The lowest BCUT2D eigenvalue weighted by atomic mass is 9.53. The zero-order valence-electron chi connectivity index (χ0n) is 19.7. The van der Waals surface area contributed by atoms with Crippen LogP contribution in [0.2, 0.25) is 0 Å². The molecular formula is C24H31ClO9. The highest BCUT2D eigenvalue weighted by Gasteiger charge is 2.75. The molecule has 1 spiro atoms. The fourth-order valence-corrected chi connectivity index (χ4v) is 6.90. The van der Waals surface area contributed by atoms with Crippen LogP contribution in [0.4, 0.5) is 0 Å². The second-order valence-corrected chi connectivity index (χ2v) is 10.6. The molecule has 0 aromatic heterocycles. The van der Waals surface area contributed by atoms with Gasteiger partial charge in [-0.1, -0.05) is 25.7 Å². The summed E-state index contributed by atoms with van der Waals surface area (Å²) < 4.78 is 23.1. The number of fused-ring (bicyclic) bond motifs is 2. The SMILES string of the molecule is C=C1CC[C@H](OC(C)=O)[C@@]2(C)[C@H]1[C@H](O)[C@@]13O[C@@](O)(C[C@H]2OC(C)=O)C(=C)[C@H](Cl)[C@@H]1OC(=O)[C@@H]3C. The maximum atomic E-state index is 12.7. The predicted molar refractivity (Wildman–Crippen MR) is 118 cm³/mol. The summed E-state index contributed by atoms with van der Waals surface area (Å²) in [5.74, 6) is -5.83. The van der Waals surface area contributed by atoms with E-state index in [0.717, 1.165) is 0 Å². The molecule has 10 atom stereocenters. The number of aliphatic hydroxyl groups excluding tert-OH is 1. The van der Waals surface area contributed by atoms with Gasteiger partial charge < -0.3 is 29.2 Å². The molecule has 3 saturated heterocycles. The van der Waals surface area contributed by atoms with Crippen molar-refractivity contribution in [1.29, 1.82) is 0 Å². The first-order valence-electron chi connectivity index (χ1n) is 11.4. The Hall–Kier alpha value is -1.94. The third kappa shape index (κ3) is 3.27. The molecule has 4 aliphatic rings. The van der Waals surface area contributed by atoms with Crippen LogP contribution in [0.3, 0.4) is 0 Å². The molecule has 0 aromatic rings. The van der Waals surface area contributed by atoms with Crippen LogP contribution in [0.1, 0.15) is 47.0 Å². The number of rotatable bonds is 2. The molecule has 4 rings (SSSR count). The van der Waals surface area contributed by atoms with E-state index in [9.17, 15) is 24.6 Å². The van der Waals surface area contributed by atoms with Crippen LogP contribution in [-0.4, -0.2) is 69.3 Å². The Morgan fingerprint density at radius 2 is 1.76 bits per heavy atom. The van der Waals surface area contributed by atoms with Gasteiger partial charge in [-0.3, -0.25) is 14.4 Å². The molecule has 1 saturated carbocycles. The van der Waals surface area contributed by atoms with E-state index in [1.165, 1.54) is 13.8 Å². The molecular weight excluding hydrogens is 468 g/mol. The third-order valence-corrected chi connectivity index (χ3v) is 8.74. The number of halogens is 1. The minimum Gasteiger partial charge on any atom is -0.462 e. The van der Waals surface area contributed by atoms with Crippen molar-refractivity contribution >= 4 is 29.5 Å². The van der Waals surface area contributed by atoms with Crippen molar-refractivity contribution in [3.05, 3.63) is 24.3 Å². The summed E-state index contributed by atoms with van der Waals surface area (Å²) in [5, 5.41) is 22.7. The van der Waals surface area contributed by atoms with E-state index in [2.05, 4.69) is 13.2 Å². The van der Waals surface area contributed by atoms with Gasteiger partial charge in [0.2, 0.25) is 0 Å². The van der Waals surface area contributed by atoms with Gasteiger partial charge in [-0.05, 0) is 19.8 Å². The first-order valence-corrected chi connectivity index (χ1v) is 11.8. The van der Waals surface area contributed by atoms with Crippen molar-refractivity contribution in [3.63, 3.8) is 0 Å². The molecule has 4 fully saturated rings. The topological polar surface area (TPSA) is 129 Å². The second kappa shape index (κ2) is 8.05. The Bertz CT molecular complexity index is 964. The van der Waals surface area contributed by atoms with Gasteiger partial charge in [0.25, 0.3) is 0 Å². The van der Waals surface area contributed by atoms with E-state index in [1.54, 1.807) is 13.8 Å². The first kappa shape index (κ1) is 25.2. The molecule has 9 nitrogen and oxygen atoms in total. The Labute approximate surface area is 203 Å². The number of carbonyl (C=O) groups is 3. The summed E-state index contributed by atoms with van der Waals surface area (Å²) in [7, 11) is 0. The quantitative estimate of drug-likeness (QED) is 0.253. The maximum Gasteiger partial charge on any atom is 0.312 e. The molecule has 0 unspecified atom stereocenters. The summed E-state index contributed by atoms with van der Waals surface area (Å²) in [6, 6.07) is 0. The van der Waals surface area contributed by atoms with Crippen LogP contribution in [0.5, 0.6) is 0 Å². The van der Waals surface area contributed by atoms with Crippen LogP contribution in [0.25, 0.3) is 0 Å². The molecule has 3 heterocycles. The number of hydrogen-bond donors (Lipinski definition) is 2. The van der Waals surface area contributed by atoms with Gasteiger partial charge in [0, 0.05) is 31.8 Å². The van der Waals surface area contributed by atoms with Gasteiger partial charge in [-0.15, -0.1) is 11.6 Å². The molecule has 3 aliphatic heterocycles. The third-order valence-electron chi connectivity index (χ3n) is 8.25. The van der Waals surface area contributed by atoms with E-state index in [-0.39, 0.29) is 12.0 Å². The van der Waals surface area contributed by atoms with Crippen molar-refractivity contribution in [2.24, 2.45) is 17.3 Å². The van der Waals surface area contributed by atoms with E-state index >= 15 is 0 Å². The van der Waals surface area contributed by atoms with Gasteiger partial charge in [0.1, 0.15) is 17.8 Å². The highest BCUT2D eigenvalue weighted by molar-refractivity contribution is 6.23. The fourth-order valence-electron chi connectivity index (χ4n) is 6.48. The van der Waals surface area contributed by atoms with Crippen molar-refractivity contribution in [2.45, 2.75) is 88.1 Å². The van der Waals surface area contributed by atoms with Crippen LogP contribution in [0.15, 0.2) is 24.3 Å². The highest BCUT2D eigenvalue weighted by atomic mass is 35.5. The highest BCUT2D eigenvalue weighted by Crippen LogP contribution is 2.61. The summed E-state index contributed by atoms with van der Waals surface area (Å²) in [6.07, 6.45) is -4.01. The summed E-state index contributed by atoms with van der Waals surface area (Å²) in [6.45, 7) is 13.8. The molecule has 0 aromatic carbocycles. The molecule has 188 valence electrons. The van der Waals surface area contributed by atoms with E-state index in [4.69, 9.17) is 30.5 Å². The van der Waals surface area contributed by atoms with E-state index in [0.29, 0.717) is 18.4 Å². The van der Waals surface area contributed by atoms with Gasteiger partial charge in [0.15, 0.2) is 11.9 Å². The largest absolute Gasteiger partial charge is 0.462 e. The van der Waals surface area contributed by atoms with Crippen LogP contribution in [0, 0.1) is 17.3 Å². The number of esters is 3. The Morgan fingerprint density at radius 3 is 2.35 bits per heavy atom. The molecule has 1 aliphatic carbocycles. The van der Waals surface area contributed by atoms with Crippen molar-refractivity contribution in [2.75, 3.05) is 0 Å². The molecule has 10 heteroatoms. The molecule has 0 amide bonds. The number of hydrogen-bond acceptors (Lipinski definition) is 9. The van der Waals surface area contributed by atoms with E-state index < -0.39 is 76.3 Å². The number of carbonyl (C=O) groups excluding carboxylic acids is 3. The number of alkyl halides is 1. The van der Waals surface area contributed by atoms with Crippen LogP contribution in [-0.2, 0) is 33.3 Å². The molecule has 34 heavy (non-hydrogen) atoms. The smallest absolute Gasteiger partial charge is 0.312 e. The summed E-state index contributed by atoms with van der Waals surface area (Å²) >= 11 is 6.65. The minimum absolute atomic E-state index is 0.0155. The van der Waals surface area contributed by atoms with Crippen molar-refractivity contribution < 1.29 is 43.5 Å². The average molecular weight is 499 g/mol. The summed E-state index contributed by atoms with van der Waals surface area (Å²) in [5.41, 5.74) is -2.35. The van der Waals surface area contributed by atoms with Crippen molar-refractivity contribution in [3.8, 4) is 0 Å². The first-order chi connectivity index (χ1) is 15.7. The normalized spacial score (nSPS) is 48.1. The van der Waals surface area contributed by atoms with Crippen LogP contribution < -0.4 is 0 Å². The van der Waals surface area contributed by atoms with Gasteiger partial charge >= 0.3 is 17.9 Å². The predicted octanol–water partition coefficient (Wildman–Crippen LogP) is 1.77. The Balaban J connectivity index is 1.98. The second-order valence-electron chi connectivity index (χ2n) is 10.1.